The van der Waals surface area contributed by atoms with Gasteiger partial charge in [0.2, 0.25) is 5.95 Å². The molecule has 3 N–H and O–H groups in total. The van der Waals surface area contributed by atoms with Gasteiger partial charge in [-0.15, -0.1) is 0 Å². The van der Waals surface area contributed by atoms with Gasteiger partial charge in [0.15, 0.2) is 0 Å². The Hall–Kier alpha value is -1.83. The minimum Gasteiger partial charge on any atom is -0.372 e. The lowest BCUT2D eigenvalue weighted by Crippen LogP contribution is -2.18. The van der Waals surface area contributed by atoms with Gasteiger partial charge in [-0.25, -0.2) is 4.98 Å². The van der Waals surface area contributed by atoms with E-state index >= 15 is 0 Å². The fraction of sp³-hybridized carbons (Fsp3) is 0.391. The maximum atomic E-state index is 4.61. The average Bonchev–Trinajstić information content (AvgIpc) is 2.80. The predicted molar refractivity (Wildman–Crippen MR) is 133 cm³/mol. The minimum absolute atomic E-state index is 0.735. The van der Waals surface area contributed by atoms with Gasteiger partial charge in [0.1, 0.15) is 5.82 Å². The van der Waals surface area contributed by atoms with Crippen molar-refractivity contribution in [3.05, 3.63) is 53.0 Å². The Morgan fingerprint density at radius 1 is 0.967 bits per heavy atom. The molecule has 1 aliphatic carbocycles. The zero-order chi connectivity index (χ0) is 21.2. The third-order valence-corrected chi connectivity index (χ3v) is 6.90. The molecular formula is C23H30BrN5S. The van der Waals surface area contributed by atoms with Gasteiger partial charge in [-0.1, -0.05) is 43.5 Å². The summed E-state index contributed by atoms with van der Waals surface area (Å²) in [6.45, 7) is 0.988. The minimum atomic E-state index is 0.735. The lowest BCUT2D eigenvalue weighted by molar-refractivity contribution is 0.373. The molecule has 0 aliphatic heterocycles. The Bertz CT molecular complexity index is 930. The second-order valence-electron chi connectivity index (χ2n) is 7.28. The van der Waals surface area contributed by atoms with Crippen molar-refractivity contribution < 1.29 is 0 Å². The van der Waals surface area contributed by atoms with Crippen LogP contribution in [-0.4, -0.2) is 30.6 Å². The van der Waals surface area contributed by atoms with Crippen LogP contribution in [-0.2, 0) is 0 Å². The third kappa shape index (κ3) is 6.59. The van der Waals surface area contributed by atoms with Crippen molar-refractivity contribution in [3.8, 4) is 0 Å². The smallest absolute Gasteiger partial charge is 0.225 e. The molecule has 0 bridgehead atoms. The van der Waals surface area contributed by atoms with E-state index in [1.165, 1.54) is 37.0 Å². The summed E-state index contributed by atoms with van der Waals surface area (Å²) < 4.78 is 4.15. The van der Waals surface area contributed by atoms with Gasteiger partial charge in [0.05, 0.1) is 5.52 Å². The van der Waals surface area contributed by atoms with Crippen molar-refractivity contribution in [3.63, 3.8) is 0 Å². The normalized spacial score (nSPS) is 14.1. The largest absolute Gasteiger partial charge is 0.372 e. The lowest BCUT2D eigenvalue weighted by Gasteiger charge is -2.21. The molecule has 2 aromatic carbocycles. The van der Waals surface area contributed by atoms with E-state index in [4.69, 9.17) is 0 Å². The van der Waals surface area contributed by atoms with Crippen molar-refractivity contribution in [2.75, 3.05) is 31.3 Å². The number of halogens is 1. The summed E-state index contributed by atoms with van der Waals surface area (Å²) >= 11 is 5.04. The van der Waals surface area contributed by atoms with Crippen molar-refractivity contribution >= 4 is 50.5 Å². The van der Waals surface area contributed by atoms with Gasteiger partial charge in [0.25, 0.3) is 0 Å². The summed E-state index contributed by atoms with van der Waals surface area (Å²) in [6.07, 6.45) is 6.80. The number of aromatic nitrogens is 2. The van der Waals surface area contributed by atoms with Gasteiger partial charge < -0.3 is 10.6 Å². The number of anilines is 2. The van der Waals surface area contributed by atoms with Crippen LogP contribution >= 0.6 is 27.9 Å². The molecular weight excluding hydrogens is 458 g/mol. The molecule has 0 radical (unpaired) electrons. The van der Waals surface area contributed by atoms with Crippen molar-refractivity contribution in [2.24, 2.45) is 5.92 Å². The highest BCUT2D eigenvalue weighted by molar-refractivity contribution is 9.10. The molecule has 0 saturated heterocycles. The summed E-state index contributed by atoms with van der Waals surface area (Å²) in [7, 11) is 3.81. The molecule has 160 valence electrons. The van der Waals surface area contributed by atoms with E-state index in [0.29, 0.717) is 0 Å². The highest BCUT2D eigenvalue weighted by Gasteiger charge is 2.14. The number of benzene rings is 2. The molecule has 1 saturated carbocycles. The zero-order valence-electron chi connectivity index (χ0n) is 17.6. The van der Waals surface area contributed by atoms with Gasteiger partial charge in [-0.3, -0.25) is 4.72 Å². The Morgan fingerprint density at radius 3 is 2.43 bits per heavy atom. The standard InChI is InChI=1S/C16H22N4.C7H8BrNS/c1-17-15-13-9-5-6-10-14(13)19-16(20-15)18-11-12-7-3-2-4-8-12;1-9-10-7-5-3-2-4-6(7)8/h5-6,9-10,12H,2-4,7-8,11H2,1H3,(H2,17,18,19,20);2-5,9H,1H3. The maximum absolute atomic E-state index is 4.61. The number of nitrogens with one attached hydrogen (secondary N) is 3. The summed E-state index contributed by atoms with van der Waals surface area (Å²) in [5.74, 6) is 2.40. The lowest BCUT2D eigenvalue weighted by atomic mass is 9.89. The topological polar surface area (TPSA) is 61.9 Å². The zero-order valence-corrected chi connectivity index (χ0v) is 20.0. The Morgan fingerprint density at radius 2 is 1.70 bits per heavy atom. The van der Waals surface area contributed by atoms with Crippen LogP contribution < -0.4 is 15.4 Å². The van der Waals surface area contributed by atoms with Crippen molar-refractivity contribution in [1.82, 2.24) is 14.7 Å². The Kier molecular flexibility index (Phi) is 9.24. The van der Waals surface area contributed by atoms with Gasteiger partial charge in [-0.05, 0) is 78.0 Å². The average molecular weight is 488 g/mol. The first-order valence-corrected chi connectivity index (χ1v) is 12.1. The number of rotatable bonds is 6. The first-order valence-electron chi connectivity index (χ1n) is 10.5. The number of para-hydroxylation sites is 1. The molecule has 0 atom stereocenters. The number of hydrogen-bond acceptors (Lipinski definition) is 6. The van der Waals surface area contributed by atoms with Crippen molar-refractivity contribution in [2.45, 2.75) is 37.0 Å². The van der Waals surface area contributed by atoms with E-state index in [2.05, 4.69) is 47.3 Å². The van der Waals surface area contributed by atoms with Crippen LogP contribution in [0.15, 0.2) is 57.9 Å². The molecule has 0 spiro atoms. The molecule has 1 heterocycles. The van der Waals surface area contributed by atoms with Gasteiger partial charge in [0, 0.05) is 28.3 Å². The number of fused-ring (bicyclic) bond motifs is 1. The third-order valence-electron chi connectivity index (χ3n) is 5.16. The van der Waals surface area contributed by atoms with Crippen LogP contribution in [0, 0.1) is 5.92 Å². The highest BCUT2D eigenvalue weighted by Crippen LogP contribution is 2.25. The summed E-state index contributed by atoms with van der Waals surface area (Å²) in [6, 6.07) is 16.2. The van der Waals surface area contributed by atoms with E-state index in [0.717, 1.165) is 39.6 Å². The highest BCUT2D eigenvalue weighted by atomic mass is 79.9. The first kappa shape index (κ1) is 22.8. The molecule has 1 aromatic heterocycles. The molecule has 5 nitrogen and oxygen atoms in total. The predicted octanol–water partition coefficient (Wildman–Crippen LogP) is 6.34. The second-order valence-corrected chi connectivity index (χ2v) is 9.19. The van der Waals surface area contributed by atoms with Crippen LogP contribution in [0.1, 0.15) is 32.1 Å². The molecule has 1 fully saturated rings. The van der Waals surface area contributed by atoms with E-state index < -0.39 is 0 Å². The SMILES string of the molecule is CNSc1ccccc1Br.CNc1nc(NCC2CCCCC2)nc2ccccc12. The Balaban J connectivity index is 0.000000216. The van der Waals surface area contributed by atoms with E-state index in [1.54, 1.807) is 11.9 Å². The molecule has 4 rings (SSSR count). The molecule has 0 unspecified atom stereocenters. The van der Waals surface area contributed by atoms with E-state index in [9.17, 15) is 0 Å². The van der Waals surface area contributed by atoms with Crippen LogP contribution in [0.3, 0.4) is 0 Å². The molecule has 0 amide bonds. The monoisotopic (exact) mass is 487 g/mol. The number of nitrogens with zero attached hydrogens (tertiary/aromatic N) is 2. The fourth-order valence-electron chi connectivity index (χ4n) is 3.61. The number of hydrogen-bond donors (Lipinski definition) is 3. The Labute approximate surface area is 192 Å². The quantitative estimate of drug-likeness (QED) is 0.352. The summed E-state index contributed by atoms with van der Waals surface area (Å²) in [4.78, 5) is 10.4. The second kappa shape index (κ2) is 12.1. The molecule has 1 aliphatic rings. The van der Waals surface area contributed by atoms with Crippen LogP contribution in [0.5, 0.6) is 0 Å². The fourth-order valence-corrected chi connectivity index (χ4v) is 4.67. The first-order chi connectivity index (χ1) is 14.7. The summed E-state index contributed by atoms with van der Waals surface area (Å²) in [5, 5.41) is 7.64. The van der Waals surface area contributed by atoms with Gasteiger partial charge >= 0.3 is 0 Å². The molecule has 7 heteroatoms. The van der Waals surface area contributed by atoms with Gasteiger partial charge in [-0.2, -0.15) is 4.98 Å². The van der Waals surface area contributed by atoms with E-state index in [1.807, 2.05) is 56.6 Å². The van der Waals surface area contributed by atoms with E-state index in [-0.39, 0.29) is 0 Å². The molecule has 3 aromatic rings. The van der Waals surface area contributed by atoms with Crippen LogP contribution in [0.2, 0.25) is 0 Å². The van der Waals surface area contributed by atoms with Crippen LogP contribution in [0.25, 0.3) is 10.9 Å². The van der Waals surface area contributed by atoms with Crippen LogP contribution in [0.4, 0.5) is 11.8 Å². The summed E-state index contributed by atoms with van der Waals surface area (Å²) in [5.41, 5.74) is 0.984. The molecule has 30 heavy (non-hydrogen) atoms. The maximum Gasteiger partial charge on any atom is 0.225 e. The van der Waals surface area contributed by atoms with Crippen molar-refractivity contribution in [1.29, 1.82) is 0 Å².